The Morgan fingerprint density at radius 1 is 1.20 bits per heavy atom. The maximum absolute atomic E-state index is 3.82. The smallest absolute Gasteiger partial charge is 0.0130 e. The third kappa shape index (κ3) is 3.54. The van der Waals surface area contributed by atoms with Crippen LogP contribution in [0.15, 0.2) is 36.9 Å². The Kier molecular flexibility index (Phi) is 5.17. The van der Waals surface area contributed by atoms with Crippen molar-refractivity contribution in [2.24, 2.45) is 0 Å². The van der Waals surface area contributed by atoms with Gasteiger partial charge in [-0.15, -0.1) is 6.58 Å². The first kappa shape index (κ1) is 12.0. The van der Waals surface area contributed by atoms with E-state index in [0.717, 1.165) is 6.42 Å². The van der Waals surface area contributed by atoms with Gasteiger partial charge in [0.1, 0.15) is 0 Å². The molecule has 0 bridgehead atoms. The van der Waals surface area contributed by atoms with Crippen molar-refractivity contribution >= 4 is 0 Å². The first-order valence-electron chi connectivity index (χ1n) is 6.01. The fourth-order valence-corrected chi connectivity index (χ4v) is 1.98. The molecule has 0 spiro atoms. The zero-order valence-corrected chi connectivity index (χ0v) is 10.00. The zero-order valence-electron chi connectivity index (χ0n) is 10.00. The van der Waals surface area contributed by atoms with E-state index in [-0.39, 0.29) is 0 Å². The van der Waals surface area contributed by atoms with Crippen molar-refractivity contribution in [3.8, 4) is 0 Å². The van der Waals surface area contributed by atoms with Crippen LogP contribution in [0.5, 0.6) is 0 Å². The molecule has 0 N–H and O–H groups in total. The molecule has 0 aliphatic heterocycles. The SMILES string of the molecule is C=CCC(CC)c1ccc(CCC)cc1. The molecule has 0 heteroatoms. The fraction of sp³-hybridized carbons (Fsp3) is 0.467. The zero-order chi connectivity index (χ0) is 11.1. The Labute approximate surface area is 94.0 Å². The molecule has 0 saturated carbocycles. The molecule has 0 saturated heterocycles. The van der Waals surface area contributed by atoms with Gasteiger partial charge in [-0.2, -0.15) is 0 Å². The molecule has 82 valence electrons. The lowest BCUT2D eigenvalue weighted by molar-refractivity contribution is 0.674. The molecule has 0 fully saturated rings. The van der Waals surface area contributed by atoms with Crippen LogP contribution in [0.3, 0.4) is 0 Å². The highest BCUT2D eigenvalue weighted by molar-refractivity contribution is 5.25. The maximum atomic E-state index is 3.82. The third-order valence-corrected chi connectivity index (χ3v) is 2.93. The van der Waals surface area contributed by atoms with E-state index in [1.54, 1.807) is 0 Å². The van der Waals surface area contributed by atoms with E-state index in [1.807, 2.05) is 6.08 Å². The molecule has 1 atom stereocenters. The Hall–Kier alpha value is -1.04. The van der Waals surface area contributed by atoms with Crippen molar-refractivity contribution in [1.82, 2.24) is 0 Å². The second kappa shape index (κ2) is 6.44. The monoisotopic (exact) mass is 202 g/mol. The summed E-state index contributed by atoms with van der Waals surface area (Å²) < 4.78 is 0. The summed E-state index contributed by atoms with van der Waals surface area (Å²) in [5.74, 6) is 0.651. The summed E-state index contributed by atoms with van der Waals surface area (Å²) in [5, 5.41) is 0. The number of allylic oxidation sites excluding steroid dienone is 1. The molecule has 1 aromatic carbocycles. The average Bonchev–Trinajstić information content (AvgIpc) is 2.28. The molecule has 0 amide bonds. The van der Waals surface area contributed by atoms with E-state index in [0.29, 0.717) is 5.92 Å². The van der Waals surface area contributed by atoms with Crippen LogP contribution in [0.2, 0.25) is 0 Å². The molecule has 1 unspecified atom stereocenters. The van der Waals surface area contributed by atoms with Gasteiger partial charge in [0.15, 0.2) is 0 Å². The molecule has 0 radical (unpaired) electrons. The second-order valence-corrected chi connectivity index (χ2v) is 4.12. The topological polar surface area (TPSA) is 0 Å². The van der Waals surface area contributed by atoms with Crippen molar-refractivity contribution in [3.63, 3.8) is 0 Å². The first-order valence-corrected chi connectivity index (χ1v) is 6.01. The Morgan fingerprint density at radius 2 is 1.87 bits per heavy atom. The van der Waals surface area contributed by atoms with Gasteiger partial charge in [-0.3, -0.25) is 0 Å². The van der Waals surface area contributed by atoms with Crippen molar-refractivity contribution in [2.45, 2.75) is 45.4 Å². The van der Waals surface area contributed by atoms with Crippen LogP contribution in [-0.4, -0.2) is 0 Å². The van der Waals surface area contributed by atoms with Crippen LogP contribution >= 0.6 is 0 Å². The number of hydrogen-bond donors (Lipinski definition) is 0. The quantitative estimate of drug-likeness (QED) is 0.586. The first-order chi connectivity index (χ1) is 7.31. The van der Waals surface area contributed by atoms with Crippen LogP contribution in [0, 0.1) is 0 Å². The van der Waals surface area contributed by atoms with E-state index in [1.165, 1.54) is 30.4 Å². The van der Waals surface area contributed by atoms with Crippen molar-refractivity contribution in [3.05, 3.63) is 48.0 Å². The van der Waals surface area contributed by atoms with Crippen LogP contribution in [0.4, 0.5) is 0 Å². The highest BCUT2D eigenvalue weighted by Gasteiger charge is 2.06. The summed E-state index contributed by atoms with van der Waals surface area (Å²) in [6, 6.07) is 9.10. The lowest BCUT2D eigenvalue weighted by Gasteiger charge is -2.13. The lowest BCUT2D eigenvalue weighted by atomic mass is 9.92. The number of aryl methyl sites for hydroxylation is 1. The second-order valence-electron chi connectivity index (χ2n) is 4.12. The molecule has 1 rings (SSSR count). The van der Waals surface area contributed by atoms with Gasteiger partial charge in [0.05, 0.1) is 0 Å². The Morgan fingerprint density at radius 3 is 2.33 bits per heavy atom. The predicted octanol–water partition coefficient (Wildman–Crippen LogP) is 4.71. The predicted molar refractivity (Wildman–Crippen MR) is 68.3 cm³/mol. The molecular weight excluding hydrogens is 180 g/mol. The standard InChI is InChI=1S/C15H22/c1-4-7-13-9-11-15(12-10-13)14(6-3)8-5-2/h5,9-12,14H,2,4,6-8H2,1,3H3. The molecule has 0 aliphatic rings. The summed E-state index contributed by atoms with van der Waals surface area (Å²) in [7, 11) is 0. The van der Waals surface area contributed by atoms with Crippen LogP contribution in [0.25, 0.3) is 0 Å². The van der Waals surface area contributed by atoms with Gasteiger partial charge in [0.25, 0.3) is 0 Å². The molecule has 1 aromatic rings. The summed E-state index contributed by atoms with van der Waals surface area (Å²) in [6.07, 6.45) is 6.72. The molecule has 0 heterocycles. The normalized spacial score (nSPS) is 12.4. The van der Waals surface area contributed by atoms with Gasteiger partial charge in [-0.1, -0.05) is 50.6 Å². The summed E-state index contributed by atoms with van der Waals surface area (Å²) in [6.45, 7) is 8.29. The highest BCUT2D eigenvalue weighted by atomic mass is 14.1. The van der Waals surface area contributed by atoms with Crippen molar-refractivity contribution in [2.75, 3.05) is 0 Å². The van der Waals surface area contributed by atoms with Crippen molar-refractivity contribution < 1.29 is 0 Å². The number of rotatable bonds is 6. The minimum atomic E-state index is 0.651. The molecule has 0 aliphatic carbocycles. The summed E-state index contributed by atoms with van der Waals surface area (Å²) >= 11 is 0. The Bertz CT molecular complexity index is 281. The van der Waals surface area contributed by atoms with Crippen LogP contribution in [-0.2, 0) is 6.42 Å². The molecular formula is C15H22. The minimum absolute atomic E-state index is 0.651. The molecule has 0 aromatic heterocycles. The van der Waals surface area contributed by atoms with Crippen LogP contribution < -0.4 is 0 Å². The highest BCUT2D eigenvalue weighted by Crippen LogP contribution is 2.23. The van der Waals surface area contributed by atoms with E-state index in [2.05, 4.69) is 44.7 Å². The van der Waals surface area contributed by atoms with Crippen molar-refractivity contribution in [1.29, 1.82) is 0 Å². The van der Waals surface area contributed by atoms with Gasteiger partial charge in [0.2, 0.25) is 0 Å². The van der Waals surface area contributed by atoms with E-state index in [9.17, 15) is 0 Å². The maximum Gasteiger partial charge on any atom is -0.0130 e. The lowest BCUT2D eigenvalue weighted by Crippen LogP contribution is -1.96. The van der Waals surface area contributed by atoms with E-state index < -0.39 is 0 Å². The van der Waals surface area contributed by atoms with Crippen LogP contribution in [0.1, 0.15) is 50.2 Å². The minimum Gasteiger partial charge on any atom is -0.103 e. The molecule has 15 heavy (non-hydrogen) atoms. The van der Waals surface area contributed by atoms with Gasteiger partial charge >= 0.3 is 0 Å². The number of benzene rings is 1. The van der Waals surface area contributed by atoms with Gasteiger partial charge in [0, 0.05) is 0 Å². The molecule has 0 nitrogen and oxygen atoms in total. The summed E-state index contributed by atoms with van der Waals surface area (Å²) in [5.41, 5.74) is 2.91. The largest absolute Gasteiger partial charge is 0.103 e. The number of hydrogen-bond acceptors (Lipinski definition) is 0. The van der Waals surface area contributed by atoms with E-state index >= 15 is 0 Å². The third-order valence-electron chi connectivity index (χ3n) is 2.93. The van der Waals surface area contributed by atoms with Gasteiger partial charge < -0.3 is 0 Å². The summed E-state index contributed by atoms with van der Waals surface area (Å²) in [4.78, 5) is 0. The fourth-order valence-electron chi connectivity index (χ4n) is 1.98. The average molecular weight is 202 g/mol. The van der Waals surface area contributed by atoms with E-state index in [4.69, 9.17) is 0 Å². The Balaban J connectivity index is 2.72. The van der Waals surface area contributed by atoms with Gasteiger partial charge in [-0.05, 0) is 36.3 Å². The van der Waals surface area contributed by atoms with Gasteiger partial charge in [-0.25, -0.2) is 0 Å².